The average molecular weight is 185 g/mol. The summed E-state index contributed by atoms with van der Waals surface area (Å²) >= 11 is 1.25. The third-order valence-electron chi connectivity index (χ3n) is 1.54. The summed E-state index contributed by atoms with van der Waals surface area (Å²) in [5.41, 5.74) is 5.19. The van der Waals surface area contributed by atoms with E-state index in [4.69, 9.17) is 11.1 Å². The molecule has 66 valence electrons. The van der Waals surface area contributed by atoms with Gasteiger partial charge in [0, 0.05) is 7.05 Å². The van der Waals surface area contributed by atoms with Gasteiger partial charge in [0.1, 0.15) is 11.6 Å². The van der Waals surface area contributed by atoms with Crippen molar-refractivity contribution in [1.29, 1.82) is 5.41 Å². The van der Waals surface area contributed by atoms with E-state index in [0.29, 0.717) is 5.75 Å². The summed E-state index contributed by atoms with van der Waals surface area (Å²) in [6.07, 6.45) is 0. The molecule has 0 saturated carbocycles. The molecule has 0 radical (unpaired) electrons. The fourth-order valence-corrected chi connectivity index (χ4v) is 1.25. The van der Waals surface area contributed by atoms with Crippen molar-refractivity contribution in [3.63, 3.8) is 0 Å². The number of hydrogen-bond acceptors (Lipinski definition) is 4. The zero-order chi connectivity index (χ0) is 9.14. The van der Waals surface area contributed by atoms with Crippen LogP contribution >= 0.6 is 11.8 Å². The third kappa shape index (κ3) is 1.97. The normalized spacial score (nSPS) is 10.2. The molecule has 3 N–H and O–H groups in total. The predicted molar refractivity (Wildman–Crippen MR) is 48.9 cm³/mol. The quantitative estimate of drug-likeness (QED) is 0.511. The Labute approximate surface area is 74.9 Å². The molecular weight excluding hydrogens is 174 g/mol. The first-order valence-electron chi connectivity index (χ1n) is 3.43. The molecule has 0 aliphatic carbocycles. The van der Waals surface area contributed by atoms with Crippen molar-refractivity contribution >= 4 is 16.9 Å². The van der Waals surface area contributed by atoms with Gasteiger partial charge in [-0.3, -0.25) is 5.41 Å². The molecule has 1 aromatic heterocycles. The Kier molecular flexibility index (Phi) is 2.69. The average Bonchev–Trinajstić information content (AvgIpc) is 2.30. The maximum atomic E-state index is 7.00. The van der Waals surface area contributed by atoms with Crippen LogP contribution in [0.5, 0.6) is 0 Å². The van der Waals surface area contributed by atoms with Crippen LogP contribution in [-0.2, 0) is 12.8 Å². The Balaban J connectivity index is 2.63. The topological polar surface area (TPSA) is 80.6 Å². The molecule has 1 aromatic rings. The minimum absolute atomic E-state index is 0.107. The van der Waals surface area contributed by atoms with Gasteiger partial charge in [0.15, 0.2) is 5.17 Å². The zero-order valence-corrected chi connectivity index (χ0v) is 7.85. The van der Waals surface area contributed by atoms with Crippen molar-refractivity contribution in [2.75, 3.05) is 0 Å². The van der Waals surface area contributed by atoms with E-state index in [-0.39, 0.29) is 5.17 Å². The van der Waals surface area contributed by atoms with E-state index in [1.54, 1.807) is 0 Å². The summed E-state index contributed by atoms with van der Waals surface area (Å²) in [5, 5.41) is 14.9. The number of aryl methyl sites for hydroxylation is 1. The van der Waals surface area contributed by atoms with Gasteiger partial charge in [0.2, 0.25) is 0 Å². The van der Waals surface area contributed by atoms with Crippen molar-refractivity contribution in [3.05, 3.63) is 11.6 Å². The van der Waals surface area contributed by atoms with Crippen LogP contribution in [0.25, 0.3) is 0 Å². The molecule has 0 unspecified atom stereocenters. The summed E-state index contributed by atoms with van der Waals surface area (Å²) in [7, 11) is 1.89. The molecule has 0 amide bonds. The number of amidine groups is 1. The number of rotatable bonds is 2. The maximum absolute atomic E-state index is 7.00. The van der Waals surface area contributed by atoms with Gasteiger partial charge in [-0.2, -0.15) is 0 Å². The third-order valence-corrected chi connectivity index (χ3v) is 2.25. The summed E-state index contributed by atoms with van der Waals surface area (Å²) in [6, 6.07) is 0. The highest BCUT2D eigenvalue weighted by molar-refractivity contribution is 8.12. The first kappa shape index (κ1) is 9.05. The molecule has 1 rings (SSSR count). The van der Waals surface area contributed by atoms with E-state index >= 15 is 0 Å². The van der Waals surface area contributed by atoms with Crippen molar-refractivity contribution in [2.24, 2.45) is 12.8 Å². The van der Waals surface area contributed by atoms with Gasteiger partial charge in [-0.1, -0.05) is 11.8 Å². The van der Waals surface area contributed by atoms with Crippen molar-refractivity contribution in [3.8, 4) is 0 Å². The Morgan fingerprint density at radius 1 is 1.67 bits per heavy atom. The van der Waals surface area contributed by atoms with Gasteiger partial charge < -0.3 is 10.3 Å². The summed E-state index contributed by atoms with van der Waals surface area (Å²) in [4.78, 5) is 0. The largest absolute Gasteiger partial charge is 0.379 e. The molecule has 0 aliphatic heterocycles. The lowest BCUT2D eigenvalue weighted by molar-refractivity contribution is 0.817. The van der Waals surface area contributed by atoms with E-state index in [2.05, 4.69) is 10.2 Å². The SMILES string of the molecule is Cc1nnc(CSC(=N)N)n1C. The van der Waals surface area contributed by atoms with Crippen molar-refractivity contribution in [2.45, 2.75) is 12.7 Å². The zero-order valence-electron chi connectivity index (χ0n) is 7.03. The smallest absolute Gasteiger partial charge is 0.151 e. The summed E-state index contributed by atoms with van der Waals surface area (Å²) < 4.78 is 1.88. The van der Waals surface area contributed by atoms with Gasteiger partial charge in [0.25, 0.3) is 0 Å². The first-order valence-corrected chi connectivity index (χ1v) is 4.41. The van der Waals surface area contributed by atoms with Crippen LogP contribution in [0.4, 0.5) is 0 Å². The molecule has 1 heterocycles. The lowest BCUT2D eigenvalue weighted by atomic mass is 10.6. The highest BCUT2D eigenvalue weighted by Crippen LogP contribution is 2.08. The Morgan fingerprint density at radius 2 is 2.33 bits per heavy atom. The second-order valence-electron chi connectivity index (χ2n) is 2.38. The Morgan fingerprint density at radius 3 is 2.75 bits per heavy atom. The van der Waals surface area contributed by atoms with Gasteiger partial charge in [-0.15, -0.1) is 10.2 Å². The lowest BCUT2D eigenvalue weighted by Gasteiger charge is -1.99. The van der Waals surface area contributed by atoms with Crippen molar-refractivity contribution < 1.29 is 0 Å². The second-order valence-corrected chi connectivity index (χ2v) is 3.39. The molecule has 0 aliphatic rings. The molecule has 0 bridgehead atoms. The molecule has 0 saturated heterocycles. The van der Waals surface area contributed by atoms with E-state index in [0.717, 1.165) is 11.6 Å². The first-order chi connectivity index (χ1) is 5.61. The van der Waals surface area contributed by atoms with E-state index in [1.165, 1.54) is 11.8 Å². The Bertz CT molecular complexity index is 292. The van der Waals surface area contributed by atoms with Crippen LogP contribution in [0.15, 0.2) is 0 Å². The molecule has 5 nitrogen and oxygen atoms in total. The van der Waals surface area contributed by atoms with Gasteiger partial charge >= 0.3 is 0 Å². The molecule has 0 atom stereocenters. The summed E-state index contributed by atoms with van der Waals surface area (Å²) in [5.74, 6) is 2.31. The van der Waals surface area contributed by atoms with Gasteiger partial charge in [0.05, 0.1) is 5.75 Å². The maximum Gasteiger partial charge on any atom is 0.151 e. The van der Waals surface area contributed by atoms with E-state index < -0.39 is 0 Å². The van der Waals surface area contributed by atoms with E-state index in [9.17, 15) is 0 Å². The van der Waals surface area contributed by atoms with E-state index in [1.807, 2.05) is 18.5 Å². The van der Waals surface area contributed by atoms with Crippen LogP contribution in [0, 0.1) is 12.3 Å². The number of nitrogens with two attached hydrogens (primary N) is 1. The van der Waals surface area contributed by atoms with Crippen LogP contribution < -0.4 is 5.73 Å². The second kappa shape index (κ2) is 3.57. The van der Waals surface area contributed by atoms with Crippen LogP contribution in [-0.4, -0.2) is 19.9 Å². The van der Waals surface area contributed by atoms with Crippen LogP contribution in [0.3, 0.4) is 0 Å². The predicted octanol–water partition coefficient (Wildman–Crippen LogP) is 0.250. The standard InChI is InChI=1S/C6H11N5S/c1-4-9-10-5(11(4)2)3-12-6(7)8/h3H2,1-2H3,(H3,7,8). The lowest BCUT2D eigenvalue weighted by Crippen LogP contribution is -2.06. The van der Waals surface area contributed by atoms with Crippen molar-refractivity contribution in [1.82, 2.24) is 14.8 Å². The minimum Gasteiger partial charge on any atom is -0.379 e. The molecule has 0 spiro atoms. The molecular formula is C6H11N5S. The fourth-order valence-electron chi connectivity index (χ4n) is 0.719. The number of thioether (sulfide) groups is 1. The minimum atomic E-state index is 0.107. The fraction of sp³-hybridized carbons (Fsp3) is 0.500. The van der Waals surface area contributed by atoms with Gasteiger partial charge in [-0.05, 0) is 6.92 Å². The van der Waals surface area contributed by atoms with Crippen LogP contribution in [0.2, 0.25) is 0 Å². The number of nitrogens with one attached hydrogen (secondary N) is 1. The molecule has 6 heteroatoms. The van der Waals surface area contributed by atoms with Crippen LogP contribution in [0.1, 0.15) is 11.6 Å². The Hall–Kier alpha value is -1.04. The number of nitrogens with zero attached hydrogens (tertiary/aromatic N) is 3. The molecule has 12 heavy (non-hydrogen) atoms. The number of hydrogen-bond donors (Lipinski definition) is 2. The molecule has 0 fully saturated rings. The molecule has 0 aromatic carbocycles. The number of aromatic nitrogens is 3. The highest BCUT2D eigenvalue weighted by Gasteiger charge is 2.04. The highest BCUT2D eigenvalue weighted by atomic mass is 32.2. The summed E-state index contributed by atoms with van der Waals surface area (Å²) in [6.45, 7) is 1.88. The van der Waals surface area contributed by atoms with Gasteiger partial charge in [-0.25, -0.2) is 0 Å². The monoisotopic (exact) mass is 185 g/mol.